The van der Waals surface area contributed by atoms with Gasteiger partial charge in [-0.3, -0.25) is 0 Å². The summed E-state index contributed by atoms with van der Waals surface area (Å²) in [5, 5.41) is 18.5. The first-order chi connectivity index (χ1) is 8.20. The Labute approximate surface area is 102 Å². The Morgan fingerprint density at radius 2 is 2.12 bits per heavy atom. The van der Waals surface area contributed by atoms with Gasteiger partial charge in [0.1, 0.15) is 5.82 Å². The number of nitrogens with zero attached hydrogens (tertiary/aromatic N) is 2. The second-order valence-corrected chi connectivity index (χ2v) is 4.75. The van der Waals surface area contributed by atoms with Crippen molar-refractivity contribution in [3.8, 4) is 0 Å². The first kappa shape index (κ1) is 12.3. The van der Waals surface area contributed by atoms with Crippen LogP contribution in [0.5, 0.6) is 0 Å². The molecule has 2 N–H and O–H groups in total. The smallest absolute Gasteiger partial charge is 0.128 e. The lowest BCUT2D eigenvalue weighted by atomic mass is 9.92. The van der Waals surface area contributed by atoms with Gasteiger partial charge in [0, 0.05) is 19.3 Å². The second kappa shape index (κ2) is 5.47. The minimum atomic E-state index is -0.207. The molecular weight excluding hydrogens is 216 g/mol. The Kier molecular flexibility index (Phi) is 3.97. The van der Waals surface area contributed by atoms with Gasteiger partial charge in [-0.15, -0.1) is 0 Å². The van der Waals surface area contributed by atoms with Gasteiger partial charge in [-0.1, -0.05) is 6.07 Å². The molecule has 0 spiro atoms. The molecule has 4 nitrogen and oxygen atoms in total. The predicted molar refractivity (Wildman–Crippen MR) is 66.8 cm³/mol. The van der Waals surface area contributed by atoms with E-state index in [-0.39, 0.29) is 12.7 Å². The number of pyridine rings is 1. The quantitative estimate of drug-likeness (QED) is 0.827. The van der Waals surface area contributed by atoms with Crippen molar-refractivity contribution < 1.29 is 10.2 Å². The molecule has 0 aromatic carbocycles. The normalized spacial score (nSPS) is 19.4. The molecule has 17 heavy (non-hydrogen) atoms. The van der Waals surface area contributed by atoms with E-state index >= 15 is 0 Å². The van der Waals surface area contributed by atoms with Crippen LogP contribution >= 0.6 is 0 Å². The van der Waals surface area contributed by atoms with Crippen LogP contribution in [0.15, 0.2) is 18.3 Å². The minimum absolute atomic E-state index is 0.0391. The molecule has 2 rings (SSSR count). The Bertz CT molecular complexity index is 343. The second-order valence-electron chi connectivity index (χ2n) is 4.75. The van der Waals surface area contributed by atoms with Crippen molar-refractivity contribution in [2.24, 2.45) is 5.92 Å². The van der Waals surface area contributed by atoms with E-state index in [4.69, 9.17) is 5.11 Å². The maximum Gasteiger partial charge on any atom is 0.128 e. The molecule has 0 amide bonds. The third kappa shape index (κ3) is 2.96. The fraction of sp³-hybridized carbons (Fsp3) is 0.615. The number of hydrogen-bond acceptors (Lipinski definition) is 4. The van der Waals surface area contributed by atoms with Crippen LogP contribution in [0.3, 0.4) is 0 Å². The van der Waals surface area contributed by atoms with Crippen LogP contribution < -0.4 is 4.90 Å². The summed E-state index contributed by atoms with van der Waals surface area (Å²) in [4.78, 5) is 6.58. The maximum absolute atomic E-state index is 9.54. The molecule has 0 radical (unpaired) electrons. The number of aromatic nitrogens is 1. The summed E-state index contributed by atoms with van der Waals surface area (Å²) in [6, 6.07) is 3.86. The van der Waals surface area contributed by atoms with Gasteiger partial charge in [-0.25, -0.2) is 4.98 Å². The number of aliphatic hydroxyl groups is 2. The summed E-state index contributed by atoms with van der Waals surface area (Å²) in [5.74, 6) is 1.38. The molecule has 1 fully saturated rings. The van der Waals surface area contributed by atoms with Crippen molar-refractivity contribution >= 4 is 5.82 Å². The van der Waals surface area contributed by atoms with Crippen LogP contribution in [-0.4, -0.2) is 34.4 Å². The van der Waals surface area contributed by atoms with Gasteiger partial charge in [-0.2, -0.15) is 0 Å². The summed E-state index contributed by atoms with van der Waals surface area (Å²) >= 11 is 0. The molecule has 1 aromatic rings. The van der Waals surface area contributed by atoms with Crippen molar-refractivity contribution in [1.82, 2.24) is 4.98 Å². The number of piperidine rings is 1. The molecule has 1 aromatic heterocycles. The third-order valence-electron chi connectivity index (χ3n) is 3.54. The van der Waals surface area contributed by atoms with Gasteiger partial charge in [0.25, 0.3) is 0 Å². The van der Waals surface area contributed by atoms with E-state index in [0.717, 1.165) is 37.3 Å². The van der Waals surface area contributed by atoms with E-state index in [2.05, 4.69) is 9.88 Å². The van der Waals surface area contributed by atoms with Gasteiger partial charge >= 0.3 is 0 Å². The molecule has 2 heterocycles. The Balaban J connectivity index is 1.95. The zero-order valence-corrected chi connectivity index (χ0v) is 10.2. The average molecular weight is 236 g/mol. The lowest BCUT2D eigenvalue weighted by Gasteiger charge is -2.34. The summed E-state index contributed by atoms with van der Waals surface area (Å²) in [6.45, 7) is 3.80. The molecule has 1 unspecified atom stereocenters. The van der Waals surface area contributed by atoms with Crippen LogP contribution in [0.4, 0.5) is 5.82 Å². The summed E-state index contributed by atoms with van der Waals surface area (Å²) < 4.78 is 0. The van der Waals surface area contributed by atoms with Crippen LogP contribution in [0, 0.1) is 5.92 Å². The van der Waals surface area contributed by atoms with E-state index in [1.54, 1.807) is 6.20 Å². The zero-order chi connectivity index (χ0) is 12.3. The number of aliphatic hydroxyl groups excluding tert-OH is 2. The van der Waals surface area contributed by atoms with E-state index in [9.17, 15) is 5.11 Å². The first-order valence-electron chi connectivity index (χ1n) is 6.19. The van der Waals surface area contributed by atoms with E-state index < -0.39 is 0 Å². The maximum atomic E-state index is 9.54. The van der Waals surface area contributed by atoms with Gasteiger partial charge in [0.2, 0.25) is 0 Å². The number of rotatable bonds is 3. The highest BCUT2D eigenvalue weighted by atomic mass is 16.3. The Hall–Kier alpha value is -1.13. The van der Waals surface area contributed by atoms with Gasteiger partial charge in [0.15, 0.2) is 0 Å². The van der Waals surface area contributed by atoms with Crippen LogP contribution in [0.1, 0.15) is 25.3 Å². The van der Waals surface area contributed by atoms with E-state index in [0.29, 0.717) is 5.92 Å². The molecule has 1 saturated heterocycles. The summed E-state index contributed by atoms with van der Waals surface area (Å²) in [5.41, 5.74) is 0.840. The number of hydrogen-bond donors (Lipinski definition) is 2. The fourth-order valence-corrected chi connectivity index (χ4v) is 2.31. The topological polar surface area (TPSA) is 56.6 Å². The molecule has 1 aliphatic rings. The minimum Gasteiger partial charge on any atom is -0.393 e. The molecule has 4 heteroatoms. The number of anilines is 1. The molecular formula is C13H20N2O2. The SMILES string of the molecule is CC(O)C1CCN(c2ccc(CO)cn2)CC1. The molecule has 94 valence electrons. The predicted octanol–water partition coefficient (Wildman–Crippen LogP) is 1.17. The average Bonchev–Trinajstić information content (AvgIpc) is 2.39. The van der Waals surface area contributed by atoms with Gasteiger partial charge in [-0.05, 0) is 37.3 Å². The van der Waals surface area contributed by atoms with Crippen molar-refractivity contribution in [2.45, 2.75) is 32.5 Å². The lowest BCUT2D eigenvalue weighted by Crippen LogP contribution is -2.37. The Morgan fingerprint density at radius 3 is 2.59 bits per heavy atom. The lowest BCUT2D eigenvalue weighted by molar-refractivity contribution is 0.110. The van der Waals surface area contributed by atoms with E-state index in [1.165, 1.54) is 0 Å². The standard InChI is InChI=1S/C13H20N2O2/c1-10(17)12-4-6-15(7-5-12)13-3-2-11(9-16)8-14-13/h2-3,8,10,12,16-17H,4-7,9H2,1H3. The Morgan fingerprint density at radius 1 is 1.41 bits per heavy atom. The fourth-order valence-electron chi connectivity index (χ4n) is 2.31. The van der Waals surface area contributed by atoms with Crippen molar-refractivity contribution in [1.29, 1.82) is 0 Å². The molecule has 0 aliphatic carbocycles. The highest BCUT2D eigenvalue weighted by molar-refractivity contribution is 5.39. The monoisotopic (exact) mass is 236 g/mol. The van der Waals surface area contributed by atoms with Crippen molar-refractivity contribution in [2.75, 3.05) is 18.0 Å². The van der Waals surface area contributed by atoms with Gasteiger partial charge in [0.05, 0.1) is 12.7 Å². The molecule has 0 saturated carbocycles. The largest absolute Gasteiger partial charge is 0.393 e. The van der Waals surface area contributed by atoms with Gasteiger partial charge < -0.3 is 15.1 Å². The zero-order valence-electron chi connectivity index (χ0n) is 10.2. The highest BCUT2D eigenvalue weighted by Crippen LogP contribution is 2.23. The third-order valence-corrected chi connectivity index (χ3v) is 3.54. The van der Waals surface area contributed by atoms with Crippen LogP contribution in [0.25, 0.3) is 0 Å². The summed E-state index contributed by atoms with van der Waals surface area (Å²) in [6.07, 6.45) is 3.54. The van der Waals surface area contributed by atoms with Crippen LogP contribution in [-0.2, 0) is 6.61 Å². The summed E-state index contributed by atoms with van der Waals surface area (Å²) in [7, 11) is 0. The van der Waals surface area contributed by atoms with Crippen LogP contribution in [0.2, 0.25) is 0 Å². The highest BCUT2D eigenvalue weighted by Gasteiger charge is 2.23. The molecule has 1 aliphatic heterocycles. The van der Waals surface area contributed by atoms with E-state index in [1.807, 2.05) is 19.1 Å². The molecule has 1 atom stereocenters. The van der Waals surface area contributed by atoms with Crippen molar-refractivity contribution in [3.05, 3.63) is 23.9 Å². The first-order valence-corrected chi connectivity index (χ1v) is 6.19. The van der Waals surface area contributed by atoms with Crippen molar-refractivity contribution in [3.63, 3.8) is 0 Å². The molecule has 0 bridgehead atoms.